The Kier molecular flexibility index (Phi) is 4.53. The maximum Gasteiger partial charge on any atom is 0.0684 e. The smallest absolute Gasteiger partial charge is 0.0684 e. The van der Waals surface area contributed by atoms with Gasteiger partial charge in [-0.15, -0.1) is 0 Å². The molecule has 1 aromatic rings. The highest BCUT2D eigenvalue weighted by molar-refractivity contribution is 5.40. The zero-order valence-corrected chi connectivity index (χ0v) is 10.9. The van der Waals surface area contributed by atoms with Crippen LogP contribution in [0.3, 0.4) is 0 Å². The Bertz CT molecular complexity index is 404. The summed E-state index contributed by atoms with van der Waals surface area (Å²) in [7, 11) is 2.07. The molecule has 2 N–H and O–H groups in total. The topological polar surface area (TPSA) is 53.0 Å². The van der Waals surface area contributed by atoms with Gasteiger partial charge in [0.1, 0.15) is 0 Å². The molecular weight excluding hydrogens is 210 g/mol. The van der Waals surface area contributed by atoms with Crippen molar-refractivity contribution in [2.45, 2.75) is 26.8 Å². The number of benzene rings is 1. The summed E-state index contributed by atoms with van der Waals surface area (Å²) in [6.45, 7) is 5.73. The molecule has 0 aliphatic rings. The number of hydrogen-bond acceptors (Lipinski definition) is 3. The summed E-state index contributed by atoms with van der Waals surface area (Å²) >= 11 is 0. The molecule has 0 bridgehead atoms. The van der Waals surface area contributed by atoms with Gasteiger partial charge in [-0.25, -0.2) is 0 Å². The van der Waals surface area contributed by atoms with Crippen LogP contribution in [0.5, 0.6) is 0 Å². The largest absolute Gasteiger partial charge is 0.399 e. The van der Waals surface area contributed by atoms with Crippen LogP contribution < -0.4 is 5.73 Å². The van der Waals surface area contributed by atoms with E-state index in [1.165, 1.54) is 5.56 Å². The molecule has 0 aliphatic heterocycles. The number of hydrogen-bond donors (Lipinski definition) is 1. The van der Waals surface area contributed by atoms with Gasteiger partial charge in [-0.1, -0.05) is 12.1 Å². The molecule has 0 radical (unpaired) electrons. The van der Waals surface area contributed by atoms with Crippen LogP contribution in [0, 0.1) is 16.7 Å². The molecule has 3 heteroatoms. The van der Waals surface area contributed by atoms with Gasteiger partial charge in [0.2, 0.25) is 0 Å². The fourth-order valence-corrected chi connectivity index (χ4v) is 1.61. The first-order chi connectivity index (χ1) is 7.93. The lowest BCUT2D eigenvalue weighted by Crippen LogP contribution is -2.23. The highest BCUT2D eigenvalue weighted by Gasteiger charge is 2.16. The first-order valence-electron chi connectivity index (χ1n) is 5.87. The number of nitrogens with zero attached hydrogens (tertiary/aromatic N) is 2. The summed E-state index contributed by atoms with van der Waals surface area (Å²) < 4.78 is 0. The average molecular weight is 231 g/mol. The summed E-state index contributed by atoms with van der Waals surface area (Å²) in [4.78, 5) is 2.22. The van der Waals surface area contributed by atoms with Crippen LogP contribution in [0.25, 0.3) is 0 Å². The van der Waals surface area contributed by atoms with Crippen LogP contribution in [0.15, 0.2) is 24.3 Å². The maximum absolute atomic E-state index is 8.95. The van der Waals surface area contributed by atoms with Crippen molar-refractivity contribution in [1.29, 1.82) is 5.26 Å². The molecule has 0 aromatic heterocycles. The quantitative estimate of drug-likeness (QED) is 0.793. The lowest BCUT2D eigenvalue weighted by molar-refractivity contribution is 0.280. The molecule has 0 spiro atoms. The molecule has 0 atom stereocenters. The predicted molar refractivity (Wildman–Crippen MR) is 71.2 cm³/mol. The Morgan fingerprint density at radius 2 is 2.12 bits per heavy atom. The third-order valence-corrected chi connectivity index (χ3v) is 2.82. The summed E-state index contributed by atoms with van der Waals surface area (Å²) in [6.07, 6.45) is 0.877. The number of nitrogen functional groups attached to an aromatic ring is 1. The highest BCUT2D eigenvalue weighted by atomic mass is 15.1. The van der Waals surface area contributed by atoms with Gasteiger partial charge in [0, 0.05) is 12.2 Å². The predicted octanol–water partition coefficient (Wildman–Crippen LogP) is 2.64. The van der Waals surface area contributed by atoms with E-state index >= 15 is 0 Å². The van der Waals surface area contributed by atoms with Gasteiger partial charge in [-0.3, -0.25) is 0 Å². The van der Waals surface area contributed by atoms with Crippen LogP contribution in [0.1, 0.15) is 25.8 Å². The Labute approximate surface area is 104 Å². The number of rotatable bonds is 5. The number of nitrogens with two attached hydrogens (primary N) is 1. The number of anilines is 1. The van der Waals surface area contributed by atoms with Crippen LogP contribution >= 0.6 is 0 Å². The fourth-order valence-electron chi connectivity index (χ4n) is 1.61. The Morgan fingerprint density at radius 3 is 2.71 bits per heavy atom. The van der Waals surface area contributed by atoms with Gasteiger partial charge in [-0.2, -0.15) is 5.26 Å². The Morgan fingerprint density at radius 1 is 1.41 bits per heavy atom. The van der Waals surface area contributed by atoms with Crippen LogP contribution in [-0.4, -0.2) is 18.5 Å². The van der Waals surface area contributed by atoms with Gasteiger partial charge in [-0.05, 0) is 51.6 Å². The van der Waals surface area contributed by atoms with Gasteiger partial charge in [0.15, 0.2) is 0 Å². The molecule has 0 saturated heterocycles. The van der Waals surface area contributed by atoms with Crippen molar-refractivity contribution < 1.29 is 0 Å². The van der Waals surface area contributed by atoms with Crippen molar-refractivity contribution in [1.82, 2.24) is 4.90 Å². The summed E-state index contributed by atoms with van der Waals surface area (Å²) in [5, 5.41) is 8.95. The lowest BCUT2D eigenvalue weighted by atomic mass is 9.91. The summed E-state index contributed by atoms with van der Waals surface area (Å²) in [6, 6.07) is 10.2. The molecule has 0 heterocycles. The van der Waals surface area contributed by atoms with Crippen molar-refractivity contribution in [2.24, 2.45) is 5.41 Å². The maximum atomic E-state index is 8.95. The minimum atomic E-state index is -0.246. The molecule has 0 amide bonds. The van der Waals surface area contributed by atoms with Gasteiger partial charge in [0.05, 0.1) is 11.5 Å². The van der Waals surface area contributed by atoms with Crippen LogP contribution in [-0.2, 0) is 6.54 Å². The molecular formula is C14H21N3. The molecule has 17 heavy (non-hydrogen) atoms. The normalized spacial score (nSPS) is 11.5. The first-order valence-corrected chi connectivity index (χ1v) is 5.87. The second-order valence-electron chi connectivity index (χ2n) is 5.23. The van der Waals surface area contributed by atoms with E-state index in [2.05, 4.69) is 24.1 Å². The zero-order chi connectivity index (χ0) is 12.9. The zero-order valence-electron chi connectivity index (χ0n) is 10.9. The van der Waals surface area contributed by atoms with Crippen LogP contribution in [0.4, 0.5) is 5.69 Å². The van der Waals surface area contributed by atoms with E-state index in [-0.39, 0.29) is 5.41 Å². The number of nitriles is 1. The second kappa shape index (κ2) is 5.70. The first kappa shape index (κ1) is 13.5. The van der Waals surface area contributed by atoms with Crippen molar-refractivity contribution >= 4 is 5.69 Å². The molecule has 0 unspecified atom stereocenters. The standard InChI is InChI=1S/C14H21N3/c1-14(2,11-15)7-8-17(3)10-12-5-4-6-13(16)9-12/h4-6,9H,7-8,10,16H2,1-3H3. The summed E-state index contributed by atoms with van der Waals surface area (Å²) in [5.41, 5.74) is 7.50. The monoisotopic (exact) mass is 231 g/mol. The van der Waals surface area contributed by atoms with Gasteiger partial charge >= 0.3 is 0 Å². The van der Waals surface area contributed by atoms with Crippen molar-refractivity contribution in [2.75, 3.05) is 19.3 Å². The van der Waals surface area contributed by atoms with E-state index in [0.717, 1.165) is 25.2 Å². The molecule has 0 aliphatic carbocycles. The average Bonchev–Trinajstić information content (AvgIpc) is 2.27. The summed E-state index contributed by atoms with van der Waals surface area (Å²) in [5.74, 6) is 0. The SMILES string of the molecule is CN(CCC(C)(C)C#N)Cc1cccc(N)c1. The Balaban J connectivity index is 2.46. The van der Waals surface area contributed by atoms with E-state index in [1.807, 2.05) is 32.0 Å². The van der Waals surface area contributed by atoms with E-state index in [9.17, 15) is 0 Å². The second-order valence-corrected chi connectivity index (χ2v) is 5.23. The lowest BCUT2D eigenvalue weighted by Gasteiger charge is -2.21. The van der Waals surface area contributed by atoms with E-state index in [0.29, 0.717) is 0 Å². The van der Waals surface area contributed by atoms with E-state index < -0.39 is 0 Å². The van der Waals surface area contributed by atoms with Gasteiger partial charge < -0.3 is 10.6 Å². The molecule has 1 rings (SSSR count). The van der Waals surface area contributed by atoms with E-state index in [4.69, 9.17) is 11.0 Å². The van der Waals surface area contributed by atoms with Crippen molar-refractivity contribution in [3.63, 3.8) is 0 Å². The van der Waals surface area contributed by atoms with Crippen molar-refractivity contribution in [3.05, 3.63) is 29.8 Å². The molecule has 0 fully saturated rings. The third kappa shape index (κ3) is 4.88. The van der Waals surface area contributed by atoms with Gasteiger partial charge in [0.25, 0.3) is 0 Å². The molecule has 1 aromatic carbocycles. The minimum Gasteiger partial charge on any atom is -0.399 e. The molecule has 3 nitrogen and oxygen atoms in total. The van der Waals surface area contributed by atoms with Crippen LogP contribution in [0.2, 0.25) is 0 Å². The molecule has 0 saturated carbocycles. The van der Waals surface area contributed by atoms with Crippen molar-refractivity contribution in [3.8, 4) is 6.07 Å². The minimum absolute atomic E-state index is 0.246. The molecule has 92 valence electrons. The Hall–Kier alpha value is -1.53. The third-order valence-electron chi connectivity index (χ3n) is 2.82. The van der Waals surface area contributed by atoms with E-state index in [1.54, 1.807) is 0 Å². The fraction of sp³-hybridized carbons (Fsp3) is 0.500. The highest BCUT2D eigenvalue weighted by Crippen LogP contribution is 2.19.